The van der Waals surface area contributed by atoms with Gasteiger partial charge in [0.05, 0.1) is 11.0 Å². The van der Waals surface area contributed by atoms with Crippen molar-refractivity contribution in [3.8, 4) is 39.9 Å². The molecule has 8 aromatic rings. The number of rotatable bonds is 4. The van der Waals surface area contributed by atoms with Gasteiger partial charge < -0.3 is 0 Å². The van der Waals surface area contributed by atoms with Gasteiger partial charge in [-0.25, -0.2) is 4.98 Å². The zero-order valence-corrected chi connectivity index (χ0v) is 22.1. The smallest absolute Gasteiger partial charge is 0.238 e. The number of nitrogens with zero attached hydrogens (tertiary/aromatic N) is 4. The van der Waals surface area contributed by atoms with E-state index in [1.54, 1.807) is 0 Å². The Morgan fingerprint density at radius 2 is 0.927 bits per heavy atom. The molecule has 4 heteroatoms. The number of aromatic nitrogens is 4. The molecule has 0 bridgehead atoms. The summed E-state index contributed by atoms with van der Waals surface area (Å²) in [5, 5.41) is 4.78. The summed E-state index contributed by atoms with van der Waals surface area (Å²) in [5.41, 5.74) is 6.33. The van der Waals surface area contributed by atoms with Gasteiger partial charge in [0, 0.05) is 21.9 Å². The van der Waals surface area contributed by atoms with Gasteiger partial charge in [-0.3, -0.25) is 4.57 Å². The molecule has 0 N–H and O–H groups in total. The van der Waals surface area contributed by atoms with E-state index < -0.39 is 0 Å². The summed E-state index contributed by atoms with van der Waals surface area (Å²) in [6.07, 6.45) is 0. The highest BCUT2D eigenvalue weighted by Crippen LogP contribution is 2.34. The topological polar surface area (TPSA) is 43.6 Å². The third-order valence-electron chi connectivity index (χ3n) is 7.66. The van der Waals surface area contributed by atoms with E-state index in [9.17, 15) is 0 Å². The zero-order chi connectivity index (χ0) is 27.2. The Morgan fingerprint density at radius 1 is 0.390 bits per heavy atom. The Morgan fingerprint density at radius 3 is 1.68 bits per heavy atom. The van der Waals surface area contributed by atoms with Crippen LogP contribution in [0.4, 0.5) is 0 Å². The normalized spacial score (nSPS) is 11.4. The second kappa shape index (κ2) is 9.54. The SMILES string of the molecule is c1ccc(-c2nc(-c3cccc(-c4cccc5ccccc45)c3)nc(-n3c4ccccc4c4ccccc43)n2)cc1. The van der Waals surface area contributed by atoms with Crippen LogP contribution in [0.5, 0.6) is 0 Å². The Hall–Kier alpha value is -5.61. The average Bonchev–Trinajstić information content (AvgIpc) is 3.39. The molecular weight excluding hydrogens is 500 g/mol. The van der Waals surface area contributed by atoms with Crippen LogP contribution >= 0.6 is 0 Å². The van der Waals surface area contributed by atoms with Gasteiger partial charge in [-0.05, 0) is 40.1 Å². The molecule has 0 amide bonds. The molecule has 6 aromatic carbocycles. The quantitative estimate of drug-likeness (QED) is 0.231. The lowest BCUT2D eigenvalue weighted by molar-refractivity contribution is 0.953. The van der Waals surface area contributed by atoms with Crippen LogP contribution in [0.25, 0.3) is 72.4 Å². The predicted molar refractivity (Wildman–Crippen MR) is 168 cm³/mol. The predicted octanol–water partition coefficient (Wildman–Crippen LogP) is 9.12. The van der Waals surface area contributed by atoms with E-state index in [0.717, 1.165) is 27.7 Å². The summed E-state index contributed by atoms with van der Waals surface area (Å²) >= 11 is 0. The van der Waals surface area contributed by atoms with Gasteiger partial charge in [-0.2, -0.15) is 9.97 Å². The highest BCUT2D eigenvalue weighted by atomic mass is 15.2. The van der Waals surface area contributed by atoms with Gasteiger partial charge in [0.2, 0.25) is 5.95 Å². The van der Waals surface area contributed by atoms with Crippen LogP contribution < -0.4 is 0 Å². The molecule has 0 aliphatic heterocycles. The third kappa shape index (κ3) is 3.97. The lowest BCUT2D eigenvalue weighted by Crippen LogP contribution is -2.06. The summed E-state index contributed by atoms with van der Waals surface area (Å²) in [7, 11) is 0. The molecule has 41 heavy (non-hydrogen) atoms. The largest absolute Gasteiger partial charge is 0.278 e. The first-order valence-corrected chi connectivity index (χ1v) is 13.7. The molecule has 0 spiro atoms. The first-order chi connectivity index (χ1) is 20.3. The molecule has 0 atom stereocenters. The van der Waals surface area contributed by atoms with Crippen LogP contribution in [0.1, 0.15) is 0 Å². The molecule has 4 nitrogen and oxygen atoms in total. The molecular formula is C37H24N4. The van der Waals surface area contributed by atoms with E-state index in [2.05, 4.69) is 120 Å². The van der Waals surface area contributed by atoms with Crippen molar-refractivity contribution >= 4 is 32.6 Å². The Kier molecular flexibility index (Phi) is 5.42. The molecule has 2 aromatic heterocycles. The van der Waals surface area contributed by atoms with Crippen LogP contribution in [0.2, 0.25) is 0 Å². The van der Waals surface area contributed by atoms with Gasteiger partial charge in [0.25, 0.3) is 0 Å². The fourth-order valence-corrected chi connectivity index (χ4v) is 5.75. The fourth-order valence-electron chi connectivity index (χ4n) is 5.75. The maximum absolute atomic E-state index is 5.11. The summed E-state index contributed by atoms with van der Waals surface area (Å²) in [5.74, 6) is 1.88. The summed E-state index contributed by atoms with van der Waals surface area (Å²) < 4.78 is 2.15. The molecule has 0 aliphatic carbocycles. The lowest BCUT2D eigenvalue weighted by atomic mass is 9.97. The van der Waals surface area contributed by atoms with Gasteiger partial charge in [-0.15, -0.1) is 0 Å². The van der Waals surface area contributed by atoms with Crippen molar-refractivity contribution in [1.82, 2.24) is 19.5 Å². The first-order valence-electron chi connectivity index (χ1n) is 13.7. The maximum Gasteiger partial charge on any atom is 0.238 e. The van der Waals surface area contributed by atoms with Crippen LogP contribution in [0.15, 0.2) is 146 Å². The van der Waals surface area contributed by atoms with Crippen LogP contribution in [-0.4, -0.2) is 19.5 Å². The Balaban J connectivity index is 1.37. The standard InChI is InChI=1S/C37H24N4/c1-2-13-26(14-3-1)35-38-36(28-17-10-16-27(24-28)30-21-11-15-25-12-4-5-18-29(25)30)40-37(39-35)41-33-22-8-6-19-31(33)32-20-7-9-23-34(32)41/h1-24H. The second-order valence-corrected chi connectivity index (χ2v) is 10.1. The average molecular weight is 525 g/mol. The molecule has 0 saturated carbocycles. The van der Waals surface area contributed by atoms with Gasteiger partial charge in [0.15, 0.2) is 11.6 Å². The van der Waals surface area contributed by atoms with E-state index in [4.69, 9.17) is 15.0 Å². The number of para-hydroxylation sites is 2. The lowest BCUT2D eigenvalue weighted by Gasteiger charge is -2.12. The Labute approximate surface area is 237 Å². The number of hydrogen-bond donors (Lipinski definition) is 0. The molecule has 0 fully saturated rings. The minimum Gasteiger partial charge on any atom is -0.278 e. The van der Waals surface area contributed by atoms with E-state index in [0.29, 0.717) is 17.6 Å². The maximum atomic E-state index is 5.11. The molecule has 8 rings (SSSR count). The van der Waals surface area contributed by atoms with Crippen molar-refractivity contribution in [3.63, 3.8) is 0 Å². The summed E-state index contributed by atoms with van der Waals surface area (Å²) in [6.45, 7) is 0. The number of fused-ring (bicyclic) bond motifs is 4. The van der Waals surface area contributed by atoms with Gasteiger partial charge >= 0.3 is 0 Å². The Bertz CT molecular complexity index is 2150. The van der Waals surface area contributed by atoms with Crippen molar-refractivity contribution < 1.29 is 0 Å². The van der Waals surface area contributed by atoms with Crippen molar-refractivity contribution in [2.45, 2.75) is 0 Å². The van der Waals surface area contributed by atoms with Crippen LogP contribution in [0, 0.1) is 0 Å². The number of hydrogen-bond acceptors (Lipinski definition) is 3. The van der Waals surface area contributed by atoms with Gasteiger partial charge in [0.1, 0.15) is 0 Å². The molecule has 0 saturated heterocycles. The molecule has 2 heterocycles. The third-order valence-corrected chi connectivity index (χ3v) is 7.66. The summed E-state index contributed by atoms with van der Waals surface area (Å²) in [4.78, 5) is 15.1. The van der Waals surface area contributed by atoms with Crippen LogP contribution in [0.3, 0.4) is 0 Å². The van der Waals surface area contributed by atoms with E-state index in [-0.39, 0.29) is 0 Å². The molecule has 0 aliphatic rings. The van der Waals surface area contributed by atoms with Crippen molar-refractivity contribution in [3.05, 3.63) is 146 Å². The molecule has 0 unspecified atom stereocenters. The van der Waals surface area contributed by atoms with Crippen molar-refractivity contribution in [2.75, 3.05) is 0 Å². The zero-order valence-electron chi connectivity index (χ0n) is 22.1. The van der Waals surface area contributed by atoms with Crippen molar-refractivity contribution in [1.29, 1.82) is 0 Å². The van der Waals surface area contributed by atoms with Crippen LogP contribution in [-0.2, 0) is 0 Å². The van der Waals surface area contributed by atoms with E-state index in [1.807, 2.05) is 30.3 Å². The summed E-state index contributed by atoms with van der Waals surface area (Å²) in [6, 6.07) is 50.4. The minimum atomic E-state index is 0.599. The number of benzene rings is 6. The van der Waals surface area contributed by atoms with Crippen molar-refractivity contribution in [2.24, 2.45) is 0 Å². The van der Waals surface area contributed by atoms with E-state index in [1.165, 1.54) is 27.1 Å². The highest BCUT2D eigenvalue weighted by molar-refractivity contribution is 6.09. The van der Waals surface area contributed by atoms with Gasteiger partial charge in [-0.1, -0.05) is 127 Å². The fraction of sp³-hybridized carbons (Fsp3) is 0. The second-order valence-electron chi connectivity index (χ2n) is 10.1. The molecule has 0 radical (unpaired) electrons. The highest BCUT2D eigenvalue weighted by Gasteiger charge is 2.17. The first kappa shape index (κ1) is 23.3. The monoisotopic (exact) mass is 524 g/mol. The van der Waals surface area contributed by atoms with E-state index >= 15 is 0 Å². The minimum absolute atomic E-state index is 0.599. The molecule has 192 valence electrons.